The van der Waals surface area contributed by atoms with Gasteiger partial charge in [-0.15, -0.1) is 4.43 Å². The lowest BCUT2D eigenvalue weighted by atomic mass is 10.1. The highest BCUT2D eigenvalue weighted by atomic mass is 27.0. The molecule has 0 fully saturated rings. The van der Waals surface area contributed by atoms with Gasteiger partial charge in [0.1, 0.15) is 0 Å². The topological polar surface area (TPSA) is 0 Å². The van der Waals surface area contributed by atoms with Crippen LogP contribution in [0, 0.1) is 20.8 Å². The lowest BCUT2D eigenvalue weighted by Gasteiger charge is -2.06. The van der Waals surface area contributed by atoms with Crippen LogP contribution in [0.2, 0.25) is 0 Å². The van der Waals surface area contributed by atoms with E-state index in [2.05, 4.69) is 49.2 Å². The SMILES string of the molecule is Cc1cc(C)[c]([Al])c(C)c1. The molecule has 2 radical (unpaired) electrons. The first kappa shape index (κ1) is 7.86. The van der Waals surface area contributed by atoms with Gasteiger partial charge in [-0.1, -0.05) is 28.8 Å². The molecule has 1 heteroatoms. The number of aryl methyl sites for hydroxylation is 3. The van der Waals surface area contributed by atoms with Gasteiger partial charge in [0.2, 0.25) is 0 Å². The number of hydrogen-bond donors (Lipinski definition) is 0. The third-order valence-corrected chi connectivity index (χ3v) is 2.65. The van der Waals surface area contributed by atoms with E-state index < -0.39 is 0 Å². The van der Waals surface area contributed by atoms with Gasteiger partial charge < -0.3 is 0 Å². The van der Waals surface area contributed by atoms with Gasteiger partial charge >= 0.3 is 0 Å². The average molecular weight is 146 g/mol. The summed E-state index contributed by atoms with van der Waals surface area (Å²) < 4.78 is 1.34. The monoisotopic (exact) mass is 146 g/mol. The molecule has 0 saturated carbocycles. The van der Waals surface area contributed by atoms with Crippen molar-refractivity contribution in [2.24, 2.45) is 0 Å². The van der Waals surface area contributed by atoms with E-state index in [1.807, 2.05) is 0 Å². The van der Waals surface area contributed by atoms with Gasteiger partial charge in [0.05, 0.1) is 0 Å². The van der Waals surface area contributed by atoms with Crippen molar-refractivity contribution < 1.29 is 0 Å². The van der Waals surface area contributed by atoms with E-state index in [9.17, 15) is 0 Å². The van der Waals surface area contributed by atoms with E-state index in [0.29, 0.717) is 0 Å². The predicted molar refractivity (Wildman–Crippen MR) is 46.0 cm³/mol. The fourth-order valence-electron chi connectivity index (χ4n) is 1.19. The Morgan fingerprint density at radius 3 is 1.80 bits per heavy atom. The molecule has 0 aliphatic heterocycles. The minimum absolute atomic E-state index is 1.34. The van der Waals surface area contributed by atoms with Crippen molar-refractivity contribution in [1.29, 1.82) is 0 Å². The highest BCUT2D eigenvalue weighted by Gasteiger charge is 1.94. The highest BCUT2D eigenvalue weighted by molar-refractivity contribution is 6.34. The molecule has 0 amide bonds. The summed E-state index contributed by atoms with van der Waals surface area (Å²) in [4.78, 5) is 0. The lowest BCUT2D eigenvalue weighted by Crippen LogP contribution is -2.11. The number of rotatable bonds is 0. The van der Waals surface area contributed by atoms with Crippen LogP contribution in [-0.4, -0.2) is 16.3 Å². The molecule has 0 atom stereocenters. The molecule has 1 aromatic carbocycles. The predicted octanol–water partition coefficient (Wildman–Crippen LogP) is 1.41. The zero-order valence-corrected chi connectivity index (χ0v) is 7.89. The Morgan fingerprint density at radius 2 is 1.40 bits per heavy atom. The van der Waals surface area contributed by atoms with Gasteiger partial charge in [0.25, 0.3) is 0 Å². The van der Waals surface area contributed by atoms with E-state index >= 15 is 0 Å². The van der Waals surface area contributed by atoms with Crippen molar-refractivity contribution in [2.45, 2.75) is 20.8 Å². The highest BCUT2D eigenvalue weighted by Crippen LogP contribution is 2.03. The normalized spacial score (nSPS) is 9.90. The zero-order valence-electron chi connectivity index (χ0n) is 6.73. The van der Waals surface area contributed by atoms with Crippen LogP contribution in [0.15, 0.2) is 12.1 Å². The largest absolute Gasteiger partial charge is 0.176 e. The first-order valence-corrected chi connectivity index (χ1v) is 4.02. The maximum atomic E-state index is 2.77. The molecule has 0 unspecified atom stereocenters. The molecule has 0 spiro atoms. The van der Waals surface area contributed by atoms with E-state index in [0.717, 1.165) is 0 Å². The summed E-state index contributed by atoms with van der Waals surface area (Å²) in [6.07, 6.45) is 0. The Kier molecular flexibility index (Phi) is 2.18. The van der Waals surface area contributed by atoms with Crippen LogP contribution in [0.4, 0.5) is 0 Å². The third-order valence-electron chi connectivity index (χ3n) is 1.74. The Bertz CT molecular complexity index is 228. The summed E-state index contributed by atoms with van der Waals surface area (Å²) in [6.45, 7) is 6.41. The molecule has 0 aromatic heterocycles. The second-order valence-electron chi connectivity index (χ2n) is 2.81. The van der Waals surface area contributed by atoms with E-state index in [4.69, 9.17) is 0 Å². The smallest absolute Gasteiger partial charge is 0.133 e. The fourth-order valence-corrected chi connectivity index (χ4v) is 1.36. The molecule has 10 heavy (non-hydrogen) atoms. The van der Waals surface area contributed by atoms with Gasteiger partial charge in [0.15, 0.2) is 16.3 Å². The maximum Gasteiger partial charge on any atom is 0.176 e. The standard InChI is InChI=1S/C9H11.Al/c1-7-4-8(2)6-9(3)5-7;/h4-5H,1-3H3;. The van der Waals surface area contributed by atoms with Crippen molar-refractivity contribution in [3.05, 3.63) is 28.8 Å². The quantitative estimate of drug-likeness (QED) is 0.485. The van der Waals surface area contributed by atoms with Crippen LogP contribution in [0.5, 0.6) is 0 Å². The Balaban J connectivity index is 3.31. The third kappa shape index (κ3) is 1.42. The van der Waals surface area contributed by atoms with Gasteiger partial charge in [0, 0.05) is 0 Å². The van der Waals surface area contributed by atoms with Gasteiger partial charge in [-0.2, -0.15) is 0 Å². The van der Waals surface area contributed by atoms with Crippen molar-refractivity contribution >= 4 is 20.7 Å². The van der Waals surface area contributed by atoms with Crippen molar-refractivity contribution in [2.75, 3.05) is 0 Å². The minimum atomic E-state index is 1.34. The molecule has 0 aliphatic rings. The molecule has 0 aliphatic carbocycles. The van der Waals surface area contributed by atoms with Crippen molar-refractivity contribution in [3.63, 3.8) is 0 Å². The van der Waals surface area contributed by atoms with Crippen LogP contribution in [-0.2, 0) is 0 Å². The maximum absolute atomic E-state index is 2.77. The lowest BCUT2D eigenvalue weighted by molar-refractivity contribution is 1.35. The Hall–Kier alpha value is -0.248. The molecule has 1 rings (SSSR count). The second-order valence-corrected chi connectivity index (χ2v) is 3.39. The van der Waals surface area contributed by atoms with E-state index in [-0.39, 0.29) is 0 Å². The van der Waals surface area contributed by atoms with Crippen molar-refractivity contribution in [1.82, 2.24) is 0 Å². The number of hydrogen-bond acceptors (Lipinski definition) is 0. The summed E-state index contributed by atoms with van der Waals surface area (Å²) in [5.74, 6) is 0. The summed E-state index contributed by atoms with van der Waals surface area (Å²) in [7, 11) is 0. The van der Waals surface area contributed by atoms with Crippen LogP contribution in [0.3, 0.4) is 0 Å². The minimum Gasteiger partial charge on any atom is -0.133 e. The zero-order chi connectivity index (χ0) is 7.72. The van der Waals surface area contributed by atoms with Gasteiger partial charge in [-0.3, -0.25) is 0 Å². The summed E-state index contributed by atoms with van der Waals surface area (Å²) in [6, 6.07) is 4.41. The average Bonchev–Trinajstić information content (AvgIpc) is 1.82. The van der Waals surface area contributed by atoms with Crippen molar-refractivity contribution in [3.8, 4) is 0 Å². The number of benzene rings is 1. The Labute approximate surface area is 70.7 Å². The molecule has 0 saturated heterocycles. The van der Waals surface area contributed by atoms with E-state index in [1.165, 1.54) is 21.1 Å². The van der Waals surface area contributed by atoms with Crippen LogP contribution >= 0.6 is 0 Å². The molecule has 0 N–H and O–H groups in total. The van der Waals surface area contributed by atoms with Crippen LogP contribution in [0.1, 0.15) is 16.7 Å². The summed E-state index contributed by atoms with van der Waals surface area (Å²) in [5, 5.41) is 0. The van der Waals surface area contributed by atoms with Gasteiger partial charge in [-0.25, -0.2) is 0 Å². The van der Waals surface area contributed by atoms with Gasteiger partial charge in [-0.05, 0) is 20.8 Å². The molecule has 50 valence electrons. The fraction of sp³-hybridized carbons (Fsp3) is 0.333. The molecule has 0 nitrogen and oxygen atoms in total. The second kappa shape index (κ2) is 2.78. The summed E-state index contributed by atoms with van der Waals surface area (Å²) in [5.41, 5.74) is 4.08. The Morgan fingerprint density at radius 1 is 1.00 bits per heavy atom. The van der Waals surface area contributed by atoms with E-state index in [1.54, 1.807) is 0 Å². The molecular formula is C9H11Al. The first-order valence-electron chi connectivity index (χ1n) is 3.44. The first-order chi connectivity index (χ1) is 4.61. The molecule has 0 bridgehead atoms. The van der Waals surface area contributed by atoms with Crippen LogP contribution in [0.25, 0.3) is 0 Å². The van der Waals surface area contributed by atoms with Crippen LogP contribution < -0.4 is 4.43 Å². The molecule has 1 aromatic rings. The molecular weight excluding hydrogens is 135 g/mol. The summed E-state index contributed by atoms with van der Waals surface area (Å²) >= 11 is 2.77. The molecule has 0 heterocycles.